The summed E-state index contributed by atoms with van der Waals surface area (Å²) in [4.78, 5) is 12.7. The summed E-state index contributed by atoms with van der Waals surface area (Å²) in [5.74, 6) is -0.365. The molecule has 158 valence electrons. The van der Waals surface area contributed by atoms with E-state index < -0.39 is 17.7 Å². The number of hydrogen-bond acceptors (Lipinski definition) is 3. The van der Waals surface area contributed by atoms with E-state index in [-0.39, 0.29) is 25.5 Å². The van der Waals surface area contributed by atoms with Gasteiger partial charge in [-0.15, -0.1) is 0 Å². The van der Waals surface area contributed by atoms with E-state index in [1.165, 1.54) is 0 Å². The number of carbonyl (C=O) groups excluding carboxylic acids is 1. The Morgan fingerprint density at radius 1 is 1.21 bits per heavy atom. The molecule has 2 atom stereocenters. The van der Waals surface area contributed by atoms with Crippen LogP contribution in [0.15, 0.2) is 46.9 Å². The molecule has 1 aliphatic rings. The molecule has 0 bridgehead atoms. The first kappa shape index (κ1) is 21.4. The van der Waals surface area contributed by atoms with Crippen molar-refractivity contribution in [2.45, 2.75) is 57.3 Å². The Kier molecular flexibility index (Phi) is 6.67. The topological polar surface area (TPSA) is 51.5 Å². The summed E-state index contributed by atoms with van der Waals surface area (Å²) in [5, 5.41) is 2.37. The van der Waals surface area contributed by atoms with Gasteiger partial charge in [0.2, 0.25) is 5.60 Å². The van der Waals surface area contributed by atoms with E-state index >= 15 is 0 Å². The fraction of sp³-hybridized carbons (Fsp3) is 0.500. The molecule has 0 saturated carbocycles. The number of alkyl halides is 3. The molecule has 2 heterocycles. The highest BCUT2D eigenvalue weighted by atomic mass is 19.4. The van der Waals surface area contributed by atoms with Gasteiger partial charge in [-0.1, -0.05) is 30.3 Å². The molecule has 1 aromatic heterocycles. The van der Waals surface area contributed by atoms with Gasteiger partial charge in [-0.3, -0.25) is 4.79 Å². The van der Waals surface area contributed by atoms with Crippen molar-refractivity contribution >= 4 is 5.91 Å². The minimum absolute atomic E-state index is 0.0887. The highest BCUT2D eigenvalue weighted by Gasteiger charge is 2.62. The molecule has 0 unspecified atom stereocenters. The highest BCUT2D eigenvalue weighted by molar-refractivity contribution is 5.86. The first-order chi connectivity index (χ1) is 13.8. The zero-order valence-electron chi connectivity index (χ0n) is 16.4. The predicted octanol–water partition coefficient (Wildman–Crippen LogP) is 4.95. The van der Waals surface area contributed by atoms with E-state index in [0.717, 1.165) is 5.56 Å². The van der Waals surface area contributed by atoms with Gasteiger partial charge in [-0.25, -0.2) is 0 Å². The Hall–Kier alpha value is -2.28. The number of furan rings is 1. The van der Waals surface area contributed by atoms with Crippen LogP contribution in [-0.2, 0) is 22.5 Å². The van der Waals surface area contributed by atoms with E-state index in [4.69, 9.17) is 9.15 Å². The molecule has 1 aromatic carbocycles. The second-order valence-electron chi connectivity index (χ2n) is 7.60. The summed E-state index contributed by atoms with van der Waals surface area (Å²) < 4.78 is 52.8. The standard InChI is InChI=1S/C22H26F3NO3/c1-16-9-12-19(29-16)15-26-20(27)21(22(23,24)25)14-18(8-5-13-28-21)11-10-17-6-3-2-4-7-17/h2-4,6-7,9,12,18H,5,8,10-11,13-15H2,1H3,(H,26,27)/t18-,21-/m0/s1. The molecule has 29 heavy (non-hydrogen) atoms. The van der Waals surface area contributed by atoms with Crippen LogP contribution in [0, 0.1) is 12.8 Å². The van der Waals surface area contributed by atoms with Gasteiger partial charge in [0.15, 0.2) is 0 Å². The minimum atomic E-state index is -4.80. The molecule has 3 rings (SSSR count). The summed E-state index contributed by atoms with van der Waals surface area (Å²) >= 11 is 0. The number of nitrogens with one attached hydrogen (secondary N) is 1. The van der Waals surface area contributed by atoms with Gasteiger partial charge in [0.25, 0.3) is 5.91 Å². The number of carbonyl (C=O) groups is 1. The molecule has 1 fully saturated rings. The van der Waals surface area contributed by atoms with Crippen LogP contribution in [0.2, 0.25) is 0 Å². The fourth-order valence-electron chi connectivity index (χ4n) is 3.82. The minimum Gasteiger partial charge on any atom is -0.465 e. The first-order valence-electron chi connectivity index (χ1n) is 9.88. The maximum atomic E-state index is 14.1. The van der Waals surface area contributed by atoms with Gasteiger partial charge in [0.1, 0.15) is 11.5 Å². The Bertz CT molecular complexity index is 803. The molecule has 7 heteroatoms. The number of amides is 1. The summed E-state index contributed by atoms with van der Waals surface area (Å²) in [7, 11) is 0. The van der Waals surface area contributed by atoms with Gasteiger partial charge in [-0.2, -0.15) is 13.2 Å². The van der Waals surface area contributed by atoms with Gasteiger partial charge in [0, 0.05) is 6.61 Å². The third kappa shape index (κ3) is 5.21. The second kappa shape index (κ2) is 9.03. The highest BCUT2D eigenvalue weighted by Crippen LogP contribution is 2.43. The molecule has 1 N–H and O–H groups in total. The summed E-state index contributed by atoms with van der Waals surface area (Å²) in [6, 6.07) is 13.0. The quantitative estimate of drug-likeness (QED) is 0.734. The summed E-state index contributed by atoms with van der Waals surface area (Å²) in [6.45, 7) is 1.53. The average Bonchev–Trinajstić information content (AvgIpc) is 2.97. The van der Waals surface area contributed by atoms with Gasteiger partial charge in [0.05, 0.1) is 6.54 Å². The Morgan fingerprint density at radius 3 is 2.62 bits per heavy atom. The zero-order chi connectivity index (χ0) is 20.9. The molecule has 1 saturated heterocycles. The van der Waals surface area contributed by atoms with Crippen LogP contribution in [0.25, 0.3) is 0 Å². The van der Waals surface area contributed by atoms with Crippen LogP contribution < -0.4 is 5.32 Å². The summed E-state index contributed by atoms with van der Waals surface area (Å²) in [5.41, 5.74) is -1.75. The number of ether oxygens (including phenoxy) is 1. The third-order valence-electron chi connectivity index (χ3n) is 5.41. The summed E-state index contributed by atoms with van der Waals surface area (Å²) in [6.07, 6.45) is -2.81. The SMILES string of the molecule is Cc1ccc(CNC(=O)[C@]2(C(F)(F)F)C[C@H](CCc3ccccc3)CCCO2)o1. The van der Waals surface area contributed by atoms with Crippen LogP contribution in [0.5, 0.6) is 0 Å². The fourth-order valence-corrected chi connectivity index (χ4v) is 3.82. The lowest BCUT2D eigenvalue weighted by Crippen LogP contribution is -2.59. The smallest absolute Gasteiger partial charge is 0.426 e. The van der Waals surface area contributed by atoms with Gasteiger partial charge < -0.3 is 14.5 Å². The molecule has 4 nitrogen and oxygen atoms in total. The maximum absolute atomic E-state index is 14.1. The molecular formula is C22H26F3NO3. The Morgan fingerprint density at radius 2 is 1.97 bits per heavy atom. The van der Waals surface area contributed by atoms with Crippen LogP contribution in [0.3, 0.4) is 0 Å². The third-order valence-corrected chi connectivity index (χ3v) is 5.41. The Balaban J connectivity index is 1.72. The normalized spacial score (nSPS) is 22.8. The van der Waals surface area contributed by atoms with E-state index in [0.29, 0.717) is 37.2 Å². The number of rotatable bonds is 6. The van der Waals surface area contributed by atoms with Crippen molar-refractivity contribution in [1.29, 1.82) is 0 Å². The zero-order valence-corrected chi connectivity index (χ0v) is 16.4. The number of benzene rings is 1. The van der Waals surface area contributed by atoms with Crippen LogP contribution >= 0.6 is 0 Å². The second-order valence-corrected chi connectivity index (χ2v) is 7.60. The van der Waals surface area contributed by atoms with Crippen molar-refractivity contribution in [3.05, 3.63) is 59.5 Å². The molecule has 1 amide bonds. The van der Waals surface area contributed by atoms with Gasteiger partial charge >= 0.3 is 6.18 Å². The van der Waals surface area contributed by atoms with Crippen molar-refractivity contribution in [1.82, 2.24) is 5.32 Å². The van der Waals surface area contributed by atoms with E-state index in [9.17, 15) is 18.0 Å². The predicted molar refractivity (Wildman–Crippen MR) is 102 cm³/mol. The number of aryl methyl sites for hydroxylation is 2. The number of hydrogen-bond donors (Lipinski definition) is 1. The monoisotopic (exact) mass is 409 g/mol. The van der Waals surface area contributed by atoms with Crippen LogP contribution in [0.4, 0.5) is 13.2 Å². The number of halogens is 3. The van der Waals surface area contributed by atoms with Crippen molar-refractivity contribution in [3.8, 4) is 0 Å². The van der Waals surface area contributed by atoms with Crippen molar-refractivity contribution in [2.24, 2.45) is 5.92 Å². The van der Waals surface area contributed by atoms with Crippen LogP contribution in [-0.4, -0.2) is 24.3 Å². The molecule has 0 radical (unpaired) electrons. The molecule has 1 aliphatic heterocycles. The average molecular weight is 409 g/mol. The lowest BCUT2D eigenvalue weighted by molar-refractivity contribution is -0.269. The van der Waals surface area contributed by atoms with Crippen molar-refractivity contribution in [3.63, 3.8) is 0 Å². The largest absolute Gasteiger partial charge is 0.465 e. The van der Waals surface area contributed by atoms with Crippen molar-refractivity contribution < 1.29 is 27.1 Å². The lowest BCUT2D eigenvalue weighted by Gasteiger charge is -2.34. The van der Waals surface area contributed by atoms with E-state index in [1.807, 2.05) is 30.3 Å². The molecule has 2 aromatic rings. The van der Waals surface area contributed by atoms with Gasteiger partial charge in [-0.05, 0) is 62.6 Å². The van der Waals surface area contributed by atoms with Crippen LogP contribution in [0.1, 0.15) is 42.8 Å². The van der Waals surface area contributed by atoms with E-state index in [1.54, 1.807) is 19.1 Å². The maximum Gasteiger partial charge on any atom is 0.426 e. The first-order valence-corrected chi connectivity index (χ1v) is 9.88. The molecular weight excluding hydrogens is 383 g/mol. The molecule has 0 spiro atoms. The van der Waals surface area contributed by atoms with Crippen molar-refractivity contribution in [2.75, 3.05) is 6.61 Å². The molecule has 0 aliphatic carbocycles. The Labute approximate surface area is 168 Å². The van der Waals surface area contributed by atoms with E-state index in [2.05, 4.69) is 5.32 Å². The lowest BCUT2D eigenvalue weighted by atomic mass is 9.84.